The average Bonchev–Trinajstić information content (AvgIpc) is 2.84. The quantitative estimate of drug-likeness (QED) is 0.875. The summed E-state index contributed by atoms with van der Waals surface area (Å²) < 4.78 is 64.2. The van der Waals surface area contributed by atoms with E-state index in [4.69, 9.17) is 11.0 Å². The Balaban J connectivity index is 0.00000242. The third kappa shape index (κ3) is 3.52. The van der Waals surface area contributed by atoms with E-state index in [9.17, 15) is 21.6 Å². The molecule has 0 amide bonds. The largest absolute Gasteiger partial charge is 0.417 e. The summed E-state index contributed by atoms with van der Waals surface area (Å²) in [6.45, 7) is 0.245. The molecule has 0 aromatic heterocycles. The summed E-state index contributed by atoms with van der Waals surface area (Å²) in [4.78, 5) is -0.483. The zero-order valence-corrected chi connectivity index (χ0v) is 12.8. The molecule has 5 nitrogen and oxygen atoms in total. The van der Waals surface area contributed by atoms with Crippen molar-refractivity contribution in [1.82, 2.24) is 4.31 Å². The highest BCUT2D eigenvalue weighted by Gasteiger charge is 2.37. The molecule has 10 heteroatoms. The van der Waals surface area contributed by atoms with Crippen LogP contribution in [0, 0.1) is 11.3 Å². The Morgan fingerprint density at radius 3 is 2.45 bits per heavy atom. The molecule has 1 unspecified atom stereocenters. The van der Waals surface area contributed by atoms with Gasteiger partial charge in [0.1, 0.15) is 0 Å². The van der Waals surface area contributed by atoms with E-state index in [1.807, 2.05) is 0 Å². The lowest BCUT2D eigenvalue weighted by atomic mass is 10.1. The van der Waals surface area contributed by atoms with Crippen LogP contribution in [0.4, 0.5) is 13.2 Å². The zero-order chi connectivity index (χ0) is 15.8. The van der Waals surface area contributed by atoms with Crippen molar-refractivity contribution in [1.29, 1.82) is 5.26 Å². The van der Waals surface area contributed by atoms with Gasteiger partial charge in [-0.1, -0.05) is 0 Å². The Morgan fingerprint density at radius 1 is 1.36 bits per heavy atom. The summed E-state index contributed by atoms with van der Waals surface area (Å²) in [5, 5.41) is 8.70. The molecule has 1 aliphatic heterocycles. The van der Waals surface area contributed by atoms with Crippen molar-refractivity contribution in [2.24, 2.45) is 5.73 Å². The maximum absolute atomic E-state index is 12.9. The van der Waals surface area contributed by atoms with Crippen molar-refractivity contribution in [3.63, 3.8) is 0 Å². The van der Waals surface area contributed by atoms with Gasteiger partial charge in [0, 0.05) is 19.1 Å². The molecule has 1 aromatic rings. The van der Waals surface area contributed by atoms with Gasteiger partial charge >= 0.3 is 6.18 Å². The topological polar surface area (TPSA) is 87.2 Å². The first-order chi connectivity index (χ1) is 9.66. The van der Waals surface area contributed by atoms with Gasteiger partial charge in [-0.15, -0.1) is 12.4 Å². The molecule has 1 saturated heterocycles. The molecule has 0 radical (unpaired) electrons. The van der Waals surface area contributed by atoms with E-state index in [0.717, 1.165) is 16.4 Å². The van der Waals surface area contributed by atoms with E-state index >= 15 is 0 Å². The predicted octanol–water partition coefficient (Wildman–Crippen LogP) is 1.72. The van der Waals surface area contributed by atoms with Gasteiger partial charge in [0.2, 0.25) is 10.0 Å². The standard InChI is InChI=1S/C12H12F3N3O2S.ClH/c13-12(14,15)11-5-10(2-1-8(11)6-16)21(19,20)18-4-3-9(17)7-18;/h1-2,5,9H,3-4,7,17H2;1H. The summed E-state index contributed by atoms with van der Waals surface area (Å²) >= 11 is 0. The highest BCUT2D eigenvalue weighted by atomic mass is 35.5. The van der Waals surface area contributed by atoms with Crippen LogP contribution in [0.2, 0.25) is 0 Å². The van der Waals surface area contributed by atoms with Crippen LogP contribution in [-0.4, -0.2) is 31.9 Å². The highest BCUT2D eigenvalue weighted by Crippen LogP contribution is 2.34. The average molecular weight is 356 g/mol. The Morgan fingerprint density at radius 2 is 2.00 bits per heavy atom. The lowest BCUT2D eigenvalue weighted by Gasteiger charge is -2.17. The van der Waals surface area contributed by atoms with Gasteiger partial charge in [-0.3, -0.25) is 0 Å². The Bertz CT molecular complexity index is 701. The van der Waals surface area contributed by atoms with Crippen LogP contribution in [0.15, 0.2) is 23.1 Å². The number of nitriles is 1. The van der Waals surface area contributed by atoms with Gasteiger partial charge in [-0.2, -0.15) is 22.7 Å². The van der Waals surface area contributed by atoms with Gasteiger partial charge in [0.25, 0.3) is 0 Å². The number of sulfonamides is 1. The smallest absolute Gasteiger partial charge is 0.326 e. The van der Waals surface area contributed by atoms with Crippen LogP contribution in [0.3, 0.4) is 0 Å². The van der Waals surface area contributed by atoms with E-state index in [2.05, 4.69) is 0 Å². The summed E-state index contributed by atoms with van der Waals surface area (Å²) in [5.74, 6) is 0. The monoisotopic (exact) mass is 355 g/mol. The molecule has 1 aliphatic rings. The second-order valence-corrected chi connectivity index (χ2v) is 6.67. The van der Waals surface area contributed by atoms with Crippen LogP contribution < -0.4 is 5.73 Å². The minimum absolute atomic E-state index is 0. The number of rotatable bonds is 2. The van der Waals surface area contributed by atoms with E-state index in [0.29, 0.717) is 12.5 Å². The molecule has 122 valence electrons. The minimum atomic E-state index is -4.79. The molecule has 1 atom stereocenters. The highest BCUT2D eigenvalue weighted by molar-refractivity contribution is 7.89. The second-order valence-electron chi connectivity index (χ2n) is 4.73. The number of nitrogens with two attached hydrogens (primary N) is 1. The van der Waals surface area contributed by atoms with Crippen molar-refractivity contribution >= 4 is 22.4 Å². The molecular weight excluding hydrogens is 343 g/mol. The third-order valence-corrected chi connectivity index (χ3v) is 5.10. The molecular formula is C12H13ClF3N3O2S. The van der Waals surface area contributed by atoms with Crippen molar-refractivity contribution in [3.8, 4) is 6.07 Å². The van der Waals surface area contributed by atoms with Gasteiger partial charge < -0.3 is 5.73 Å². The molecule has 2 N–H and O–H groups in total. The minimum Gasteiger partial charge on any atom is -0.326 e. The van der Waals surface area contributed by atoms with E-state index in [-0.39, 0.29) is 31.5 Å². The van der Waals surface area contributed by atoms with E-state index < -0.39 is 32.2 Å². The first-order valence-electron chi connectivity index (χ1n) is 6.03. The summed E-state index contributed by atoms with van der Waals surface area (Å²) in [7, 11) is -4.04. The fourth-order valence-corrected chi connectivity index (χ4v) is 3.68. The van der Waals surface area contributed by atoms with Gasteiger partial charge in [0.05, 0.1) is 22.1 Å². The number of hydrogen-bond acceptors (Lipinski definition) is 4. The van der Waals surface area contributed by atoms with Crippen molar-refractivity contribution in [2.75, 3.05) is 13.1 Å². The van der Waals surface area contributed by atoms with Crippen molar-refractivity contribution < 1.29 is 21.6 Å². The number of hydrogen-bond donors (Lipinski definition) is 1. The van der Waals surface area contributed by atoms with Crippen LogP contribution >= 0.6 is 12.4 Å². The number of nitrogens with zero attached hydrogens (tertiary/aromatic N) is 2. The molecule has 1 fully saturated rings. The SMILES string of the molecule is Cl.N#Cc1ccc(S(=O)(=O)N2CCC(N)C2)cc1C(F)(F)F. The lowest BCUT2D eigenvalue weighted by Crippen LogP contribution is -2.32. The predicted molar refractivity (Wildman–Crippen MR) is 74.8 cm³/mol. The van der Waals surface area contributed by atoms with Gasteiger partial charge in [0.15, 0.2) is 0 Å². The Labute approximate surface area is 132 Å². The van der Waals surface area contributed by atoms with E-state index in [1.54, 1.807) is 0 Å². The van der Waals surface area contributed by atoms with Crippen LogP contribution in [0.25, 0.3) is 0 Å². The van der Waals surface area contributed by atoms with Crippen LogP contribution in [0.5, 0.6) is 0 Å². The molecule has 0 spiro atoms. The van der Waals surface area contributed by atoms with Crippen molar-refractivity contribution in [3.05, 3.63) is 29.3 Å². The molecule has 1 heterocycles. The number of alkyl halides is 3. The molecule has 0 bridgehead atoms. The Kier molecular flexibility index (Phi) is 5.46. The molecule has 2 rings (SSSR count). The Hall–Kier alpha value is -1.34. The molecule has 0 aliphatic carbocycles. The van der Waals surface area contributed by atoms with Crippen LogP contribution in [0.1, 0.15) is 17.5 Å². The molecule has 1 aromatic carbocycles. The fraction of sp³-hybridized carbons (Fsp3) is 0.417. The van der Waals surface area contributed by atoms with Gasteiger partial charge in [-0.25, -0.2) is 8.42 Å². The van der Waals surface area contributed by atoms with Crippen LogP contribution in [-0.2, 0) is 16.2 Å². The maximum atomic E-state index is 12.9. The first-order valence-corrected chi connectivity index (χ1v) is 7.47. The summed E-state index contributed by atoms with van der Waals surface area (Å²) in [6.07, 6.45) is -4.33. The normalized spacial score (nSPS) is 19.5. The second kappa shape index (κ2) is 6.42. The third-order valence-electron chi connectivity index (χ3n) is 3.24. The van der Waals surface area contributed by atoms with E-state index in [1.165, 1.54) is 6.07 Å². The van der Waals surface area contributed by atoms with Crippen molar-refractivity contribution in [2.45, 2.75) is 23.5 Å². The fourth-order valence-electron chi connectivity index (χ4n) is 2.14. The number of benzene rings is 1. The lowest BCUT2D eigenvalue weighted by molar-refractivity contribution is -0.137. The molecule has 22 heavy (non-hydrogen) atoms. The van der Waals surface area contributed by atoms with Gasteiger partial charge in [-0.05, 0) is 24.6 Å². The first kappa shape index (κ1) is 18.7. The summed E-state index contributed by atoms with van der Waals surface area (Å²) in [6, 6.07) is 3.46. The number of halogens is 4. The summed E-state index contributed by atoms with van der Waals surface area (Å²) in [5.41, 5.74) is 3.75. The zero-order valence-electron chi connectivity index (χ0n) is 11.2. The molecule has 0 saturated carbocycles. The maximum Gasteiger partial charge on any atom is 0.417 e.